The lowest BCUT2D eigenvalue weighted by Crippen LogP contribution is -2.26. The van der Waals surface area contributed by atoms with Gasteiger partial charge in [0.1, 0.15) is 0 Å². The summed E-state index contributed by atoms with van der Waals surface area (Å²) in [6.45, 7) is 5.02. The Balaban J connectivity index is 1.93. The van der Waals surface area contributed by atoms with Gasteiger partial charge >= 0.3 is 0 Å². The van der Waals surface area contributed by atoms with Crippen LogP contribution in [0.3, 0.4) is 0 Å². The van der Waals surface area contributed by atoms with Gasteiger partial charge in [0.25, 0.3) is 0 Å². The van der Waals surface area contributed by atoms with E-state index in [0.29, 0.717) is 0 Å². The fraction of sp³-hybridized carbons (Fsp3) is 0.467. The third-order valence-corrected chi connectivity index (χ3v) is 4.13. The number of anilines is 1. The van der Waals surface area contributed by atoms with E-state index in [2.05, 4.69) is 50.9 Å². The van der Waals surface area contributed by atoms with E-state index < -0.39 is 0 Å². The second-order valence-electron chi connectivity index (χ2n) is 5.27. The number of nitrogens with one attached hydrogen (secondary N) is 1. The molecule has 0 unspecified atom stereocenters. The Hall–Kier alpha value is -1.62. The van der Waals surface area contributed by atoms with Crippen LogP contribution in [0.4, 0.5) is 5.95 Å². The Morgan fingerprint density at radius 1 is 1.30 bits per heavy atom. The average molecular weight is 288 g/mol. The maximum Gasteiger partial charge on any atom is 0.226 e. The summed E-state index contributed by atoms with van der Waals surface area (Å²) in [5.74, 6) is 0.980. The van der Waals surface area contributed by atoms with Crippen molar-refractivity contribution in [2.75, 3.05) is 11.4 Å². The standard InChI is InChI=1S/C15H20N4S/c1-2-9-19-14(16-17-15(19)20)18-10-5-8-12-6-3-4-7-13(12)11-18/h3-4,6-7H,2,5,8-11H2,1H3,(H,17,20). The van der Waals surface area contributed by atoms with Gasteiger partial charge in [-0.1, -0.05) is 31.2 Å². The molecular weight excluding hydrogens is 268 g/mol. The van der Waals surface area contributed by atoms with Crippen LogP contribution in [0.15, 0.2) is 24.3 Å². The SMILES string of the molecule is CCCn1c(N2CCCc3ccccc3C2)n[nH]c1=S. The number of hydrogen-bond acceptors (Lipinski definition) is 3. The van der Waals surface area contributed by atoms with Crippen LogP contribution in [0.25, 0.3) is 0 Å². The van der Waals surface area contributed by atoms with Gasteiger partial charge in [-0.2, -0.15) is 0 Å². The number of nitrogens with zero attached hydrogens (tertiary/aromatic N) is 3. The monoisotopic (exact) mass is 288 g/mol. The molecule has 20 heavy (non-hydrogen) atoms. The minimum Gasteiger partial charge on any atom is -0.337 e. The Labute approximate surface area is 124 Å². The van der Waals surface area contributed by atoms with Gasteiger partial charge in [-0.05, 0) is 42.6 Å². The Bertz CT molecular complexity index is 643. The Morgan fingerprint density at radius 2 is 2.10 bits per heavy atom. The van der Waals surface area contributed by atoms with Gasteiger partial charge in [0.05, 0.1) is 0 Å². The molecule has 0 saturated carbocycles. The Morgan fingerprint density at radius 3 is 2.90 bits per heavy atom. The number of benzene rings is 1. The second kappa shape index (κ2) is 5.79. The van der Waals surface area contributed by atoms with Crippen molar-refractivity contribution in [3.8, 4) is 0 Å². The molecule has 1 aliphatic rings. The van der Waals surface area contributed by atoms with Gasteiger partial charge in [-0.15, -0.1) is 5.10 Å². The summed E-state index contributed by atoms with van der Waals surface area (Å²) in [5, 5.41) is 7.38. The molecular formula is C15H20N4S. The minimum absolute atomic E-state index is 0.722. The van der Waals surface area contributed by atoms with E-state index in [4.69, 9.17) is 12.2 Å². The van der Waals surface area contributed by atoms with Gasteiger partial charge < -0.3 is 4.90 Å². The summed E-state index contributed by atoms with van der Waals surface area (Å²) in [5.41, 5.74) is 2.87. The number of rotatable bonds is 3. The lowest BCUT2D eigenvalue weighted by molar-refractivity contribution is 0.636. The third kappa shape index (κ3) is 2.50. The topological polar surface area (TPSA) is 36.9 Å². The van der Waals surface area contributed by atoms with E-state index in [1.165, 1.54) is 11.1 Å². The van der Waals surface area contributed by atoms with E-state index in [1.807, 2.05) is 0 Å². The molecule has 1 aromatic heterocycles. The number of aryl methyl sites for hydroxylation is 1. The molecule has 0 radical (unpaired) electrons. The van der Waals surface area contributed by atoms with Gasteiger partial charge in [-0.25, -0.2) is 5.10 Å². The van der Waals surface area contributed by atoms with Crippen molar-refractivity contribution in [2.24, 2.45) is 0 Å². The molecule has 1 aromatic carbocycles. The third-order valence-electron chi connectivity index (χ3n) is 3.82. The van der Waals surface area contributed by atoms with Gasteiger partial charge in [-0.3, -0.25) is 4.57 Å². The van der Waals surface area contributed by atoms with E-state index in [9.17, 15) is 0 Å². The fourth-order valence-corrected chi connectivity index (χ4v) is 3.07. The smallest absolute Gasteiger partial charge is 0.226 e. The molecule has 1 N–H and O–H groups in total. The largest absolute Gasteiger partial charge is 0.337 e. The molecule has 0 spiro atoms. The lowest BCUT2D eigenvalue weighted by Gasteiger charge is -2.22. The second-order valence-corrected chi connectivity index (χ2v) is 5.66. The highest BCUT2D eigenvalue weighted by Crippen LogP contribution is 2.22. The summed E-state index contributed by atoms with van der Waals surface area (Å²) < 4.78 is 2.84. The molecule has 0 bridgehead atoms. The molecule has 3 rings (SSSR count). The van der Waals surface area contributed by atoms with Crippen molar-refractivity contribution >= 4 is 18.2 Å². The molecule has 0 aliphatic carbocycles. The van der Waals surface area contributed by atoms with E-state index >= 15 is 0 Å². The normalized spacial score (nSPS) is 14.9. The van der Waals surface area contributed by atoms with Crippen LogP contribution in [0.5, 0.6) is 0 Å². The molecule has 0 amide bonds. The summed E-state index contributed by atoms with van der Waals surface area (Å²) in [6.07, 6.45) is 3.36. The first-order valence-electron chi connectivity index (χ1n) is 7.26. The summed E-state index contributed by atoms with van der Waals surface area (Å²) in [4.78, 5) is 2.34. The molecule has 0 fully saturated rings. The molecule has 106 valence electrons. The van der Waals surface area contributed by atoms with E-state index in [0.717, 1.165) is 49.6 Å². The zero-order chi connectivity index (χ0) is 13.9. The summed E-state index contributed by atoms with van der Waals surface area (Å²) in [7, 11) is 0. The maximum atomic E-state index is 5.34. The van der Waals surface area contributed by atoms with Gasteiger partial charge in [0.15, 0.2) is 4.77 Å². The summed E-state index contributed by atoms with van der Waals surface area (Å²) in [6, 6.07) is 8.70. The first-order chi connectivity index (χ1) is 9.79. The molecule has 5 heteroatoms. The number of aromatic nitrogens is 3. The van der Waals surface area contributed by atoms with Crippen LogP contribution in [-0.4, -0.2) is 21.3 Å². The van der Waals surface area contributed by atoms with Crippen molar-refractivity contribution in [2.45, 2.75) is 39.3 Å². The minimum atomic E-state index is 0.722. The van der Waals surface area contributed by atoms with Crippen LogP contribution >= 0.6 is 12.2 Å². The van der Waals surface area contributed by atoms with E-state index in [1.54, 1.807) is 0 Å². The van der Waals surface area contributed by atoms with Gasteiger partial charge in [0, 0.05) is 19.6 Å². The average Bonchev–Trinajstić information content (AvgIpc) is 2.71. The van der Waals surface area contributed by atoms with Crippen molar-refractivity contribution in [1.82, 2.24) is 14.8 Å². The highest BCUT2D eigenvalue weighted by Gasteiger charge is 2.18. The molecule has 1 aliphatic heterocycles. The number of aromatic amines is 1. The Kier molecular flexibility index (Phi) is 3.87. The van der Waals surface area contributed by atoms with E-state index in [-0.39, 0.29) is 0 Å². The van der Waals surface area contributed by atoms with Crippen LogP contribution in [0.1, 0.15) is 30.9 Å². The highest BCUT2D eigenvalue weighted by molar-refractivity contribution is 7.71. The first-order valence-corrected chi connectivity index (χ1v) is 7.67. The predicted octanol–water partition coefficient (Wildman–Crippen LogP) is 3.30. The van der Waals surface area contributed by atoms with Crippen LogP contribution in [0.2, 0.25) is 0 Å². The molecule has 2 aromatic rings. The van der Waals surface area contributed by atoms with Crippen molar-refractivity contribution in [3.63, 3.8) is 0 Å². The van der Waals surface area contributed by atoms with Crippen molar-refractivity contribution in [3.05, 3.63) is 40.2 Å². The van der Waals surface area contributed by atoms with Gasteiger partial charge in [0.2, 0.25) is 5.95 Å². The fourth-order valence-electron chi connectivity index (χ4n) is 2.85. The summed E-state index contributed by atoms with van der Waals surface area (Å²) >= 11 is 5.34. The highest BCUT2D eigenvalue weighted by atomic mass is 32.1. The zero-order valence-electron chi connectivity index (χ0n) is 11.8. The molecule has 0 atom stereocenters. The molecule has 0 saturated heterocycles. The first kappa shape index (κ1) is 13.4. The van der Waals surface area contributed by atoms with Crippen LogP contribution < -0.4 is 4.90 Å². The van der Waals surface area contributed by atoms with Crippen molar-refractivity contribution in [1.29, 1.82) is 0 Å². The number of hydrogen-bond donors (Lipinski definition) is 1. The molecule has 2 heterocycles. The predicted molar refractivity (Wildman–Crippen MR) is 83.5 cm³/mol. The molecule has 4 nitrogen and oxygen atoms in total. The quantitative estimate of drug-likeness (QED) is 0.880. The van der Waals surface area contributed by atoms with Crippen LogP contribution in [-0.2, 0) is 19.5 Å². The van der Waals surface area contributed by atoms with Crippen LogP contribution in [0, 0.1) is 4.77 Å². The maximum absolute atomic E-state index is 5.34. The number of fused-ring (bicyclic) bond motifs is 1. The zero-order valence-corrected chi connectivity index (χ0v) is 12.6. The van der Waals surface area contributed by atoms with Crippen molar-refractivity contribution < 1.29 is 0 Å². The number of H-pyrrole nitrogens is 1. The lowest BCUT2D eigenvalue weighted by atomic mass is 10.0.